The van der Waals surface area contributed by atoms with Gasteiger partial charge in [0.2, 0.25) is 0 Å². The van der Waals surface area contributed by atoms with Crippen molar-refractivity contribution in [1.82, 2.24) is 4.98 Å². The first kappa shape index (κ1) is 11.4. The second-order valence-electron chi connectivity index (χ2n) is 4.24. The number of aromatic nitrogens is 1. The van der Waals surface area contributed by atoms with Gasteiger partial charge in [-0.2, -0.15) is 0 Å². The molecule has 1 aliphatic heterocycles. The number of hydrogen-bond acceptors (Lipinski definition) is 4. The average Bonchev–Trinajstić information content (AvgIpc) is 2.83. The summed E-state index contributed by atoms with van der Waals surface area (Å²) in [6, 6.07) is 3.93. The van der Waals surface area contributed by atoms with Crippen LogP contribution in [0.3, 0.4) is 0 Å². The number of hydrogen-bond donors (Lipinski definition) is 2. The van der Waals surface area contributed by atoms with Gasteiger partial charge < -0.3 is 15.7 Å². The molecule has 1 aromatic heterocycles. The van der Waals surface area contributed by atoms with E-state index >= 15 is 0 Å². The van der Waals surface area contributed by atoms with Crippen LogP contribution >= 0.6 is 0 Å². The Labute approximate surface area is 96.1 Å². The van der Waals surface area contributed by atoms with Gasteiger partial charge in [0.1, 0.15) is 5.82 Å². The molecule has 1 atom stereocenters. The molecule has 0 amide bonds. The number of rotatable bonds is 4. The highest BCUT2D eigenvalue weighted by Crippen LogP contribution is 2.20. The van der Waals surface area contributed by atoms with E-state index in [-0.39, 0.29) is 0 Å². The van der Waals surface area contributed by atoms with Crippen molar-refractivity contribution in [2.75, 3.05) is 24.5 Å². The van der Waals surface area contributed by atoms with E-state index in [4.69, 9.17) is 5.73 Å². The van der Waals surface area contributed by atoms with E-state index in [9.17, 15) is 5.11 Å². The molecule has 16 heavy (non-hydrogen) atoms. The van der Waals surface area contributed by atoms with Crippen LogP contribution in [0, 0.1) is 0 Å². The van der Waals surface area contributed by atoms with Gasteiger partial charge in [-0.25, -0.2) is 4.98 Å². The van der Waals surface area contributed by atoms with Crippen molar-refractivity contribution in [3.05, 3.63) is 23.9 Å². The minimum atomic E-state index is -0.481. The fraction of sp³-hybridized carbons (Fsp3) is 0.583. The van der Waals surface area contributed by atoms with Crippen LogP contribution < -0.4 is 10.6 Å². The molecular weight excluding hydrogens is 202 g/mol. The third kappa shape index (κ3) is 2.51. The molecule has 1 unspecified atom stereocenters. The summed E-state index contributed by atoms with van der Waals surface area (Å²) in [6.45, 7) is 2.68. The Hall–Kier alpha value is -1.13. The van der Waals surface area contributed by atoms with E-state index in [1.165, 1.54) is 12.8 Å². The summed E-state index contributed by atoms with van der Waals surface area (Å²) >= 11 is 0. The van der Waals surface area contributed by atoms with Gasteiger partial charge in [-0.1, -0.05) is 6.07 Å². The van der Waals surface area contributed by atoms with Gasteiger partial charge in [0.05, 0.1) is 6.10 Å². The Morgan fingerprint density at radius 1 is 1.38 bits per heavy atom. The largest absolute Gasteiger partial charge is 0.388 e. The highest BCUT2D eigenvalue weighted by Gasteiger charge is 2.14. The van der Waals surface area contributed by atoms with E-state index in [0.29, 0.717) is 13.0 Å². The van der Waals surface area contributed by atoms with Crippen LogP contribution in [0.25, 0.3) is 0 Å². The second-order valence-corrected chi connectivity index (χ2v) is 4.24. The van der Waals surface area contributed by atoms with Crippen LogP contribution in [0.1, 0.15) is 30.9 Å². The van der Waals surface area contributed by atoms with Gasteiger partial charge >= 0.3 is 0 Å². The first-order valence-electron chi connectivity index (χ1n) is 5.90. The van der Waals surface area contributed by atoms with E-state index in [1.807, 2.05) is 12.1 Å². The van der Waals surface area contributed by atoms with E-state index in [1.54, 1.807) is 6.20 Å². The maximum Gasteiger partial charge on any atom is 0.128 e. The van der Waals surface area contributed by atoms with E-state index < -0.39 is 6.10 Å². The predicted molar refractivity (Wildman–Crippen MR) is 64.3 cm³/mol. The van der Waals surface area contributed by atoms with Crippen LogP contribution in [0.5, 0.6) is 0 Å². The van der Waals surface area contributed by atoms with Gasteiger partial charge in [-0.3, -0.25) is 0 Å². The monoisotopic (exact) mass is 221 g/mol. The fourth-order valence-electron chi connectivity index (χ4n) is 2.05. The van der Waals surface area contributed by atoms with Crippen molar-refractivity contribution in [2.24, 2.45) is 5.73 Å². The quantitative estimate of drug-likeness (QED) is 0.798. The molecule has 0 aromatic carbocycles. The molecule has 0 aliphatic carbocycles. The van der Waals surface area contributed by atoms with Crippen molar-refractivity contribution in [3.8, 4) is 0 Å². The van der Waals surface area contributed by atoms with Gasteiger partial charge in [-0.05, 0) is 37.4 Å². The Kier molecular flexibility index (Phi) is 3.74. The first-order chi connectivity index (χ1) is 7.81. The smallest absolute Gasteiger partial charge is 0.128 e. The number of aliphatic hydroxyl groups excluding tert-OH is 1. The van der Waals surface area contributed by atoms with Gasteiger partial charge in [0.15, 0.2) is 0 Å². The van der Waals surface area contributed by atoms with Crippen LogP contribution in [-0.4, -0.2) is 29.7 Å². The summed E-state index contributed by atoms with van der Waals surface area (Å²) in [4.78, 5) is 6.67. The molecule has 1 aromatic rings. The molecule has 0 radical (unpaired) electrons. The summed E-state index contributed by atoms with van der Waals surface area (Å²) in [5.74, 6) is 1.01. The Morgan fingerprint density at radius 3 is 2.69 bits per heavy atom. The van der Waals surface area contributed by atoms with Crippen molar-refractivity contribution >= 4 is 5.82 Å². The molecule has 0 saturated carbocycles. The molecular formula is C12H19N3O. The lowest BCUT2D eigenvalue weighted by Gasteiger charge is -2.17. The van der Waals surface area contributed by atoms with Crippen LogP contribution in [0.4, 0.5) is 5.82 Å². The molecule has 1 aliphatic rings. The molecule has 1 saturated heterocycles. The lowest BCUT2D eigenvalue weighted by molar-refractivity contribution is 0.170. The lowest BCUT2D eigenvalue weighted by atomic mass is 10.1. The maximum atomic E-state index is 9.74. The Morgan fingerprint density at radius 2 is 2.12 bits per heavy atom. The zero-order chi connectivity index (χ0) is 11.4. The summed E-state index contributed by atoms with van der Waals surface area (Å²) in [5, 5.41) is 9.74. The topological polar surface area (TPSA) is 62.4 Å². The van der Waals surface area contributed by atoms with Crippen molar-refractivity contribution < 1.29 is 5.11 Å². The molecule has 4 heteroatoms. The molecule has 0 bridgehead atoms. The number of pyridine rings is 1. The van der Waals surface area contributed by atoms with Crippen LogP contribution in [-0.2, 0) is 0 Å². The molecule has 4 nitrogen and oxygen atoms in total. The van der Waals surface area contributed by atoms with Gasteiger partial charge in [-0.15, -0.1) is 0 Å². The number of nitrogens with two attached hydrogens (primary N) is 1. The molecule has 88 valence electrons. The number of anilines is 1. The van der Waals surface area contributed by atoms with Crippen LogP contribution in [0.2, 0.25) is 0 Å². The van der Waals surface area contributed by atoms with Crippen LogP contribution in [0.15, 0.2) is 18.3 Å². The summed E-state index contributed by atoms with van der Waals surface area (Å²) in [7, 11) is 0. The lowest BCUT2D eigenvalue weighted by Crippen LogP contribution is -2.19. The predicted octanol–water partition coefficient (Wildman–Crippen LogP) is 1.06. The third-order valence-corrected chi connectivity index (χ3v) is 3.03. The average molecular weight is 221 g/mol. The van der Waals surface area contributed by atoms with E-state index in [2.05, 4.69) is 9.88 Å². The first-order valence-corrected chi connectivity index (χ1v) is 5.90. The fourth-order valence-corrected chi connectivity index (χ4v) is 2.05. The summed E-state index contributed by atoms with van der Waals surface area (Å²) in [6.07, 6.45) is 4.36. The molecule has 2 rings (SSSR count). The standard InChI is InChI=1S/C12H19N3O/c13-6-5-11(16)10-3-4-12(14-9-10)15-7-1-2-8-15/h3-4,9,11,16H,1-2,5-8,13H2. The minimum absolute atomic E-state index is 0.481. The zero-order valence-corrected chi connectivity index (χ0v) is 9.47. The molecule has 3 N–H and O–H groups in total. The highest BCUT2D eigenvalue weighted by molar-refractivity contribution is 5.40. The number of nitrogens with zero attached hydrogens (tertiary/aromatic N) is 2. The van der Waals surface area contributed by atoms with Crippen molar-refractivity contribution in [1.29, 1.82) is 0 Å². The molecule has 2 heterocycles. The second kappa shape index (κ2) is 5.27. The molecule has 0 spiro atoms. The number of aliphatic hydroxyl groups is 1. The van der Waals surface area contributed by atoms with Crippen molar-refractivity contribution in [2.45, 2.75) is 25.4 Å². The van der Waals surface area contributed by atoms with Gasteiger partial charge in [0.25, 0.3) is 0 Å². The normalized spacial score (nSPS) is 17.8. The minimum Gasteiger partial charge on any atom is -0.388 e. The zero-order valence-electron chi connectivity index (χ0n) is 9.47. The highest BCUT2D eigenvalue weighted by atomic mass is 16.3. The maximum absolute atomic E-state index is 9.74. The third-order valence-electron chi connectivity index (χ3n) is 3.03. The summed E-state index contributed by atoms with van der Waals surface area (Å²) < 4.78 is 0. The Bertz CT molecular complexity index is 320. The molecule has 1 fully saturated rings. The van der Waals surface area contributed by atoms with E-state index in [0.717, 1.165) is 24.5 Å². The van der Waals surface area contributed by atoms with Gasteiger partial charge in [0, 0.05) is 19.3 Å². The Balaban J connectivity index is 2.03. The SMILES string of the molecule is NCCC(O)c1ccc(N2CCCC2)nc1. The summed E-state index contributed by atoms with van der Waals surface area (Å²) in [5.41, 5.74) is 6.26. The van der Waals surface area contributed by atoms with Crippen molar-refractivity contribution in [3.63, 3.8) is 0 Å².